The van der Waals surface area contributed by atoms with Crippen molar-refractivity contribution >= 4 is 11.4 Å². The Morgan fingerprint density at radius 3 is 2.22 bits per heavy atom. The molecule has 0 saturated heterocycles. The maximum absolute atomic E-state index is 3.47. The van der Waals surface area contributed by atoms with Gasteiger partial charge in [0.05, 0.1) is 0 Å². The molecular weight excluding hydrogens is 213 g/mol. The second kappa shape index (κ2) is 6.69. The molecule has 0 saturated carbocycles. The van der Waals surface area contributed by atoms with E-state index in [9.17, 15) is 0 Å². The van der Waals surface area contributed by atoms with Gasteiger partial charge in [-0.15, -0.1) is 6.07 Å². The van der Waals surface area contributed by atoms with E-state index in [1.807, 2.05) is 6.07 Å². The zero-order valence-corrected chi connectivity index (χ0v) is 11.6. The third-order valence-corrected chi connectivity index (χ3v) is 2.93. The number of benzene rings is 2. The SMILES string of the molecule is CC(C)c1[c-]c(N(C)c2ccccc2)ccc1.[Li+]. The predicted molar refractivity (Wildman–Crippen MR) is 73.9 cm³/mol. The zero-order chi connectivity index (χ0) is 12.3. The summed E-state index contributed by atoms with van der Waals surface area (Å²) >= 11 is 0. The van der Waals surface area contributed by atoms with E-state index < -0.39 is 0 Å². The smallest absolute Gasteiger partial charge is 0.368 e. The number of nitrogens with zero attached hydrogens (tertiary/aromatic N) is 1. The first kappa shape index (κ1) is 14.9. The maximum Gasteiger partial charge on any atom is 1.00 e. The molecule has 0 N–H and O–H groups in total. The van der Waals surface area contributed by atoms with Crippen LogP contribution in [0.25, 0.3) is 0 Å². The van der Waals surface area contributed by atoms with Crippen LogP contribution in [0.3, 0.4) is 0 Å². The monoisotopic (exact) mass is 231 g/mol. The number of hydrogen-bond acceptors (Lipinski definition) is 1. The van der Waals surface area contributed by atoms with E-state index >= 15 is 0 Å². The van der Waals surface area contributed by atoms with Crippen LogP contribution in [-0.4, -0.2) is 7.05 Å². The van der Waals surface area contributed by atoms with Crippen LogP contribution in [0.2, 0.25) is 0 Å². The van der Waals surface area contributed by atoms with E-state index in [1.165, 1.54) is 11.3 Å². The predicted octanol–water partition coefficient (Wildman–Crippen LogP) is 1.38. The molecule has 0 aliphatic carbocycles. The Kier molecular flexibility index (Phi) is 5.53. The van der Waals surface area contributed by atoms with Gasteiger partial charge in [-0.1, -0.05) is 37.7 Å². The van der Waals surface area contributed by atoms with Crippen LogP contribution in [0.4, 0.5) is 11.4 Å². The van der Waals surface area contributed by atoms with Gasteiger partial charge in [0, 0.05) is 12.7 Å². The minimum absolute atomic E-state index is 0. The van der Waals surface area contributed by atoms with E-state index in [1.54, 1.807) is 0 Å². The van der Waals surface area contributed by atoms with Gasteiger partial charge in [-0.25, -0.2) is 0 Å². The molecular formula is C16H18LiN. The molecule has 0 spiro atoms. The van der Waals surface area contributed by atoms with Crippen molar-refractivity contribution in [2.24, 2.45) is 0 Å². The van der Waals surface area contributed by atoms with Gasteiger partial charge < -0.3 is 4.90 Å². The van der Waals surface area contributed by atoms with Crippen molar-refractivity contribution in [1.29, 1.82) is 0 Å². The van der Waals surface area contributed by atoms with Crippen molar-refractivity contribution < 1.29 is 18.9 Å². The van der Waals surface area contributed by atoms with Crippen molar-refractivity contribution in [3.63, 3.8) is 0 Å². The summed E-state index contributed by atoms with van der Waals surface area (Å²) in [5.41, 5.74) is 3.55. The fourth-order valence-corrected chi connectivity index (χ4v) is 1.80. The van der Waals surface area contributed by atoms with Crippen LogP contribution < -0.4 is 23.8 Å². The summed E-state index contributed by atoms with van der Waals surface area (Å²) in [6.07, 6.45) is 0. The van der Waals surface area contributed by atoms with Gasteiger partial charge in [-0.3, -0.25) is 0 Å². The molecule has 0 aromatic heterocycles. The van der Waals surface area contributed by atoms with Crippen molar-refractivity contribution in [3.8, 4) is 0 Å². The largest absolute Gasteiger partial charge is 1.00 e. The average Bonchev–Trinajstić information content (AvgIpc) is 2.39. The molecule has 2 aromatic carbocycles. The normalized spacial score (nSPS) is 10.0. The first-order valence-electron chi connectivity index (χ1n) is 5.99. The molecule has 0 fully saturated rings. The average molecular weight is 231 g/mol. The zero-order valence-electron chi connectivity index (χ0n) is 11.6. The Bertz CT molecular complexity index is 479. The van der Waals surface area contributed by atoms with Crippen LogP contribution in [0, 0.1) is 6.07 Å². The maximum atomic E-state index is 3.47. The molecule has 2 heteroatoms. The minimum Gasteiger partial charge on any atom is -0.368 e. The fraction of sp³-hybridized carbons (Fsp3) is 0.250. The second-order valence-corrected chi connectivity index (χ2v) is 4.54. The fourth-order valence-electron chi connectivity index (χ4n) is 1.80. The Hall–Kier alpha value is -1.16. The third kappa shape index (κ3) is 3.42. The van der Waals surface area contributed by atoms with Crippen molar-refractivity contribution in [2.75, 3.05) is 11.9 Å². The number of anilines is 2. The molecule has 0 bridgehead atoms. The van der Waals surface area contributed by atoms with Gasteiger partial charge in [0.15, 0.2) is 0 Å². The summed E-state index contributed by atoms with van der Waals surface area (Å²) in [6, 6.07) is 20.1. The van der Waals surface area contributed by atoms with Gasteiger partial charge in [-0.05, 0) is 18.1 Å². The van der Waals surface area contributed by atoms with E-state index in [0.717, 1.165) is 5.69 Å². The van der Waals surface area contributed by atoms with Gasteiger partial charge in [0.1, 0.15) is 0 Å². The van der Waals surface area contributed by atoms with E-state index in [-0.39, 0.29) is 18.9 Å². The van der Waals surface area contributed by atoms with Crippen LogP contribution in [0.5, 0.6) is 0 Å². The van der Waals surface area contributed by atoms with Crippen molar-refractivity contribution in [3.05, 3.63) is 60.2 Å². The van der Waals surface area contributed by atoms with Crippen LogP contribution >= 0.6 is 0 Å². The Labute approximate surface area is 122 Å². The van der Waals surface area contributed by atoms with Gasteiger partial charge in [0.25, 0.3) is 0 Å². The molecule has 2 aromatic rings. The van der Waals surface area contributed by atoms with Crippen LogP contribution in [0.15, 0.2) is 48.5 Å². The molecule has 2 rings (SSSR count). The Balaban J connectivity index is 0.00000162. The molecule has 0 aliphatic rings. The summed E-state index contributed by atoms with van der Waals surface area (Å²) in [4.78, 5) is 2.16. The van der Waals surface area contributed by atoms with E-state index in [2.05, 4.69) is 74.3 Å². The molecule has 1 nitrogen and oxygen atoms in total. The Morgan fingerprint density at radius 2 is 1.61 bits per heavy atom. The van der Waals surface area contributed by atoms with Crippen molar-refractivity contribution in [2.45, 2.75) is 19.8 Å². The second-order valence-electron chi connectivity index (χ2n) is 4.54. The first-order valence-corrected chi connectivity index (χ1v) is 5.99. The molecule has 18 heavy (non-hydrogen) atoms. The van der Waals surface area contributed by atoms with E-state index in [0.29, 0.717) is 5.92 Å². The topological polar surface area (TPSA) is 3.24 Å². The minimum atomic E-state index is 0. The molecule has 88 valence electrons. The number of rotatable bonds is 3. The van der Waals surface area contributed by atoms with Gasteiger partial charge in [-0.2, -0.15) is 23.8 Å². The Morgan fingerprint density at radius 1 is 0.944 bits per heavy atom. The van der Waals surface area contributed by atoms with Crippen LogP contribution in [-0.2, 0) is 0 Å². The summed E-state index contributed by atoms with van der Waals surface area (Å²) in [7, 11) is 2.07. The third-order valence-electron chi connectivity index (χ3n) is 2.93. The summed E-state index contributed by atoms with van der Waals surface area (Å²) in [5.74, 6) is 0.513. The van der Waals surface area contributed by atoms with Crippen molar-refractivity contribution in [1.82, 2.24) is 0 Å². The summed E-state index contributed by atoms with van der Waals surface area (Å²) in [5, 5.41) is 0. The first-order chi connectivity index (χ1) is 8.18. The van der Waals surface area contributed by atoms with E-state index in [4.69, 9.17) is 0 Å². The molecule has 0 radical (unpaired) electrons. The molecule has 0 aliphatic heterocycles. The van der Waals surface area contributed by atoms with Crippen LogP contribution in [0.1, 0.15) is 25.3 Å². The summed E-state index contributed by atoms with van der Waals surface area (Å²) in [6.45, 7) is 4.39. The molecule has 0 atom stereocenters. The quantitative estimate of drug-likeness (QED) is 0.570. The summed E-state index contributed by atoms with van der Waals surface area (Å²) < 4.78 is 0. The standard InChI is InChI=1S/C16H18N.Li/c1-13(2)14-8-7-11-16(12-14)17(3)15-9-5-4-6-10-15;/h4-11,13H,1-3H3;/q-1;+1. The molecule has 0 amide bonds. The molecule has 0 heterocycles. The number of para-hydroxylation sites is 1. The molecule has 0 unspecified atom stereocenters. The van der Waals surface area contributed by atoms with Gasteiger partial charge in [0.2, 0.25) is 0 Å². The number of hydrogen-bond donors (Lipinski definition) is 0. The van der Waals surface area contributed by atoms with Gasteiger partial charge >= 0.3 is 18.9 Å².